The molecule has 2 nitrogen and oxygen atoms in total. The second-order valence-corrected chi connectivity index (χ2v) is 4.46. The summed E-state index contributed by atoms with van der Waals surface area (Å²) in [5.74, 6) is 2.03. The lowest BCUT2D eigenvalue weighted by atomic mass is 9.82. The summed E-state index contributed by atoms with van der Waals surface area (Å²) in [7, 11) is 0. The Bertz CT molecular complexity index is 188. The Balaban J connectivity index is 1.94. The van der Waals surface area contributed by atoms with E-state index in [1.165, 1.54) is 25.7 Å². The van der Waals surface area contributed by atoms with Gasteiger partial charge in [0.15, 0.2) is 0 Å². The van der Waals surface area contributed by atoms with Crippen LogP contribution in [0.2, 0.25) is 0 Å². The topological polar surface area (TPSA) is 20.3 Å². The number of carbonyl (C=O) groups excluding carboxylic acids is 1. The molecular weight excluding hydrogens is 162 g/mol. The zero-order chi connectivity index (χ0) is 9.26. The Morgan fingerprint density at radius 1 is 1.23 bits per heavy atom. The molecule has 2 fully saturated rings. The molecule has 2 rings (SSSR count). The fraction of sp³-hybridized carbons (Fsp3) is 0.909. The molecule has 0 N–H and O–H groups in total. The van der Waals surface area contributed by atoms with Crippen molar-refractivity contribution in [2.24, 2.45) is 11.8 Å². The Hall–Kier alpha value is -0.530. The first kappa shape index (κ1) is 9.04. The summed E-state index contributed by atoms with van der Waals surface area (Å²) >= 11 is 0. The van der Waals surface area contributed by atoms with E-state index in [0.717, 1.165) is 24.9 Å². The van der Waals surface area contributed by atoms with Gasteiger partial charge in [0.05, 0.1) is 0 Å². The van der Waals surface area contributed by atoms with Crippen LogP contribution in [0.1, 0.15) is 39.0 Å². The number of hydrogen-bond acceptors (Lipinski definition) is 1. The van der Waals surface area contributed by atoms with Crippen molar-refractivity contribution in [1.29, 1.82) is 0 Å². The Labute approximate surface area is 80.3 Å². The van der Waals surface area contributed by atoms with Crippen molar-refractivity contribution in [2.45, 2.75) is 39.0 Å². The average molecular weight is 181 g/mol. The molecule has 74 valence electrons. The van der Waals surface area contributed by atoms with E-state index < -0.39 is 0 Å². The van der Waals surface area contributed by atoms with Crippen molar-refractivity contribution < 1.29 is 4.79 Å². The van der Waals surface area contributed by atoms with Crippen LogP contribution >= 0.6 is 0 Å². The van der Waals surface area contributed by atoms with Crippen LogP contribution in [-0.4, -0.2) is 23.9 Å². The van der Waals surface area contributed by atoms with Crippen LogP contribution in [0.3, 0.4) is 0 Å². The van der Waals surface area contributed by atoms with Crippen LogP contribution in [0.5, 0.6) is 0 Å². The smallest absolute Gasteiger partial charge is 0.222 e. The number of likely N-dealkylation sites (tertiary alicyclic amines) is 1. The first-order chi connectivity index (χ1) is 6.31. The maximum atomic E-state index is 11.5. The van der Waals surface area contributed by atoms with Gasteiger partial charge in [-0.1, -0.05) is 19.8 Å². The summed E-state index contributed by atoms with van der Waals surface area (Å²) in [4.78, 5) is 13.6. The standard InChI is InChI=1S/C11H19NO/c1-2-11(13)12-7-9-5-3-4-6-10(9)8-12/h9-10H,2-8H2,1H3. The van der Waals surface area contributed by atoms with Crippen molar-refractivity contribution in [1.82, 2.24) is 4.90 Å². The van der Waals surface area contributed by atoms with E-state index in [-0.39, 0.29) is 0 Å². The van der Waals surface area contributed by atoms with Gasteiger partial charge in [0, 0.05) is 19.5 Å². The molecule has 2 heteroatoms. The highest BCUT2D eigenvalue weighted by Gasteiger charge is 2.35. The van der Waals surface area contributed by atoms with Crippen LogP contribution in [0.4, 0.5) is 0 Å². The number of fused-ring (bicyclic) bond motifs is 1. The minimum absolute atomic E-state index is 0.356. The number of hydrogen-bond donors (Lipinski definition) is 0. The molecule has 2 unspecified atom stereocenters. The first-order valence-corrected chi connectivity index (χ1v) is 5.59. The lowest BCUT2D eigenvalue weighted by molar-refractivity contribution is -0.130. The van der Waals surface area contributed by atoms with Crippen molar-refractivity contribution in [3.63, 3.8) is 0 Å². The molecule has 13 heavy (non-hydrogen) atoms. The molecule has 2 aliphatic rings. The minimum atomic E-state index is 0.356. The van der Waals surface area contributed by atoms with Crippen LogP contribution in [0.25, 0.3) is 0 Å². The van der Waals surface area contributed by atoms with E-state index in [0.29, 0.717) is 12.3 Å². The van der Waals surface area contributed by atoms with Crippen molar-refractivity contribution in [2.75, 3.05) is 13.1 Å². The molecule has 1 amide bonds. The molecule has 0 spiro atoms. The number of amides is 1. The van der Waals surface area contributed by atoms with Gasteiger partial charge in [-0.15, -0.1) is 0 Å². The van der Waals surface area contributed by atoms with Crippen molar-refractivity contribution >= 4 is 5.91 Å². The van der Waals surface area contributed by atoms with Gasteiger partial charge >= 0.3 is 0 Å². The predicted octanol–water partition coefficient (Wildman–Crippen LogP) is 2.04. The zero-order valence-electron chi connectivity index (χ0n) is 8.46. The third-order valence-corrected chi connectivity index (χ3v) is 3.63. The molecule has 1 heterocycles. The van der Waals surface area contributed by atoms with Crippen LogP contribution in [-0.2, 0) is 4.79 Å². The van der Waals surface area contributed by atoms with E-state index >= 15 is 0 Å². The highest BCUT2D eigenvalue weighted by atomic mass is 16.2. The second kappa shape index (κ2) is 3.69. The molecular formula is C11H19NO. The quantitative estimate of drug-likeness (QED) is 0.606. The molecule has 2 atom stereocenters. The molecule has 0 aromatic rings. The van der Waals surface area contributed by atoms with Crippen LogP contribution in [0.15, 0.2) is 0 Å². The minimum Gasteiger partial charge on any atom is -0.342 e. The van der Waals surface area contributed by atoms with Gasteiger partial charge in [0.25, 0.3) is 0 Å². The van der Waals surface area contributed by atoms with Gasteiger partial charge < -0.3 is 4.90 Å². The van der Waals surface area contributed by atoms with E-state index in [4.69, 9.17) is 0 Å². The van der Waals surface area contributed by atoms with Crippen LogP contribution < -0.4 is 0 Å². The molecule has 1 saturated carbocycles. The molecule has 1 aliphatic heterocycles. The maximum absolute atomic E-state index is 11.5. The number of carbonyl (C=O) groups is 1. The lowest BCUT2D eigenvalue weighted by Crippen LogP contribution is -2.27. The Morgan fingerprint density at radius 2 is 1.77 bits per heavy atom. The SMILES string of the molecule is CCC(=O)N1CC2CCCCC2C1. The molecule has 1 saturated heterocycles. The van der Waals surface area contributed by atoms with Gasteiger partial charge in [-0.2, -0.15) is 0 Å². The normalized spacial score (nSPS) is 33.2. The van der Waals surface area contributed by atoms with Gasteiger partial charge in [-0.25, -0.2) is 0 Å². The zero-order valence-corrected chi connectivity index (χ0v) is 8.46. The largest absolute Gasteiger partial charge is 0.342 e. The predicted molar refractivity (Wildman–Crippen MR) is 52.3 cm³/mol. The first-order valence-electron chi connectivity index (χ1n) is 5.59. The second-order valence-electron chi connectivity index (χ2n) is 4.46. The monoisotopic (exact) mass is 181 g/mol. The fourth-order valence-electron chi connectivity index (χ4n) is 2.83. The Kier molecular flexibility index (Phi) is 2.56. The van der Waals surface area contributed by atoms with Crippen molar-refractivity contribution in [3.8, 4) is 0 Å². The highest BCUT2D eigenvalue weighted by molar-refractivity contribution is 5.76. The molecule has 1 aliphatic carbocycles. The van der Waals surface area contributed by atoms with E-state index in [2.05, 4.69) is 4.90 Å². The van der Waals surface area contributed by atoms with Gasteiger partial charge in [0.2, 0.25) is 5.91 Å². The molecule has 0 radical (unpaired) electrons. The molecule has 0 bridgehead atoms. The summed E-state index contributed by atoms with van der Waals surface area (Å²) < 4.78 is 0. The van der Waals surface area contributed by atoms with E-state index in [9.17, 15) is 4.79 Å². The van der Waals surface area contributed by atoms with Gasteiger partial charge in [-0.05, 0) is 24.7 Å². The molecule has 0 aromatic carbocycles. The summed E-state index contributed by atoms with van der Waals surface area (Å²) in [5, 5.41) is 0. The van der Waals surface area contributed by atoms with Crippen LogP contribution in [0, 0.1) is 11.8 Å². The summed E-state index contributed by atoms with van der Waals surface area (Å²) in [6, 6.07) is 0. The number of nitrogens with zero attached hydrogens (tertiary/aromatic N) is 1. The molecule has 0 aromatic heterocycles. The lowest BCUT2D eigenvalue weighted by Gasteiger charge is -2.22. The summed E-state index contributed by atoms with van der Waals surface area (Å²) in [6.45, 7) is 4.07. The average Bonchev–Trinajstić information content (AvgIpc) is 2.59. The van der Waals surface area contributed by atoms with Gasteiger partial charge in [0.1, 0.15) is 0 Å². The summed E-state index contributed by atoms with van der Waals surface area (Å²) in [6.07, 6.45) is 6.17. The summed E-state index contributed by atoms with van der Waals surface area (Å²) in [5.41, 5.74) is 0. The van der Waals surface area contributed by atoms with Gasteiger partial charge in [-0.3, -0.25) is 4.79 Å². The van der Waals surface area contributed by atoms with E-state index in [1.807, 2.05) is 6.92 Å². The third kappa shape index (κ3) is 1.72. The highest BCUT2D eigenvalue weighted by Crippen LogP contribution is 2.36. The van der Waals surface area contributed by atoms with Crippen molar-refractivity contribution in [3.05, 3.63) is 0 Å². The fourth-order valence-corrected chi connectivity index (χ4v) is 2.83. The van der Waals surface area contributed by atoms with E-state index in [1.54, 1.807) is 0 Å². The maximum Gasteiger partial charge on any atom is 0.222 e. The number of rotatable bonds is 1. The Morgan fingerprint density at radius 3 is 2.23 bits per heavy atom. The third-order valence-electron chi connectivity index (χ3n) is 3.63.